The Labute approximate surface area is 200 Å². The highest BCUT2D eigenvalue weighted by Gasteiger charge is 2.34. The Bertz CT molecular complexity index is 1340. The molecule has 34 heavy (non-hydrogen) atoms. The van der Waals surface area contributed by atoms with E-state index in [0.29, 0.717) is 52.0 Å². The van der Waals surface area contributed by atoms with Crippen molar-refractivity contribution in [1.82, 2.24) is 24.9 Å². The van der Waals surface area contributed by atoms with Crippen molar-refractivity contribution in [2.24, 2.45) is 5.92 Å². The van der Waals surface area contributed by atoms with Crippen LogP contribution in [0, 0.1) is 18.7 Å². The van der Waals surface area contributed by atoms with E-state index in [9.17, 15) is 9.18 Å². The second kappa shape index (κ2) is 9.06. The molecule has 0 bridgehead atoms. The Morgan fingerprint density at radius 1 is 1.26 bits per heavy atom. The van der Waals surface area contributed by atoms with Crippen molar-refractivity contribution in [1.29, 1.82) is 0 Å². The number of rotatable bonds is 5. The van der Waals surface area contributed by atoms with E-state index in [2.05, 4.69) is 27.4 Å². The topological polar surface area (TPSA) is 89.1 Å². The normalized spacial score (nSPS) is 18.4. The molecule has 2 aromatic carbocycles. The zero-order valence-corrected chi connectivity index (χ0v) is 19.6. The van der Waals surface area contributed by atoms with Gasteiger partial charge in [-0.1, -0.05) is 18.5 Å². The number of carbonyl (C=O) groups excluding carboxylic acids is 1. The van der Waals surface area contributed by atoms with Crippen LogP contribution in [0.1, 0.15) is 35.7 Å². The number of fused-ring (bicyclic) bond motifs is 1. The van der Waals surface area contributed by atoms with E-state index in [1.165, 1.54) is 29.3 Å². The molecule has 10 heteroatoms. The summed E-state index contributed by atoms with van der Waals surface area (Å²) in [5, 5.41) is 12.1. The molecule has 0 saturated carbocycles. The van der Waals surface area contributed by atoms with Crippen LogP contribution < -0.4 is 5.32 Å². The molecule has 1 aliphatic rings. The Morgan fingerprint density at radius 3 is 2.85 bits per heavy atom. The van der Waals surface area contributed by atoms with Gasteiger partial charge < -0.3 is 14.6 Å². The maximum absolute atomic E-state index is 14.4. The quantitative estimate of drug-likeness (QED) is 0.437. The third kappa shape index (κ3) is 4.11. The number of nitrogens with zero attached hydrogens (tertiary/aromatic N) is 5. The molecular formula is C24H24ClFN6O2. The molecule has 1 aliphatic heterocycles. The lowest BCUT2D eigenvalue weighted by atomic mass is 9.89. The third-order valence-electron chi connectivity index (χ3n) is 6.40. The number of amides is 1. The number of piperidine rings is 1. The molecule has 1 saturated heterocycles. The fraction of sp³-hybridized carbons (Fsp3) is 0.333. The van der Waals surface area contributed by atoms with Crippen LogP contribution in [0.4, 0.5) is 10.4 Å². The number of nitrogens with one attached hydrogen (secondary N) is 1. The number of halogens is 2. The van der Waals surface area contributed by atoms with Crippen LogP contribution in [-0.2, 0) is 0 Å². The summed E-state index contributed by atoms with van der Waals surface area (Å²) in [6.45, 7) is 4.82. The molecule has 176 valence electrons. The van der Waals surface area contributed by atoms with E-state index in [1.54, 1.807) is 25.1 Å². The van der Waals surface area contributed by atoms with Gasteiger partial charge in [0.25, 0.3) is 11.9 Å². The van der Waals surface area contributed by atoms with Crippen molar-refractivity contribution in [2.75, 3.05) is 18.4 Å². The average molecular weight is 483 g/mol. The van der Waals surface area contributed by atoms with Gasteiger partial charge in [0.05, 0.1) is 24.0 Å². The SMILES string of the molecule is Cc1c(F)ccc(C(=O)N2CCC[C@@H](C)[C@H]2CNc2nc3ccc(Cl)cc3o2)c1-n1nccn1. The number of hydrogen-bond donors (Lipinski definition) is 1. The van der Waals surface area contributed by atoms with E-state index in [-0.39, 0.29) is 17.9 Å². The van der Waals surface area contributed by atoms with Gasteiger partial charge >= 0.3 is 0 Å². The van der Waals surface area contributed by atoms with Gasteiger partial charge in [-0.15, -0.1) is 0 Å². The summed E-state index contributed by atoms with van der Waals surface area (Å²) in [6.07, 6.45) is 4.89. The number of benzene rings is 2. The minimum absolute atomic E-state index is 0.108. The van der Waals surface area contributed by atoms with Crippen LogP contribution in [0.15, 0.2) is 47.1 Å². The Hall–Kier alpha value is -3.46. The number of carbonyl (C=O) groups is 1. The van der Waals surface area contributed by atoms with Crippen molar-refractivity contribution in [3.05, 3.63) is 64.7 Å². The second-order valence-corrected chi connectivity index (χ2v) is 9.02. The number of aromatic nitrogens is 4. The van der Waals surface area contributed by atoms with E-state index in [4.69, 9.17) is 16.0 Å². The van der Waals surface area contributed by atoms with Gasteiger partial charge in [0.2, 0.25) is 0 Å². The first-order valence-corrected chi connectivity index (χ1v) is 11.6. The summed E-state index contributed by atoms with van der Waals surface area (Å²) in [7, 11) is 0. The molecule has 2 aromatic heterocycles. The summed E-state index contributed by atoms with van der Waals surface area (Å²) < 4.78 is 20.2. The molecule has 1 N–H and O–H groups in total. The molecular weight excluding hydrogens is 459 g/mol. The van der Waals surface area contributed by atoms with E-state index in [0.717, 1.165) is 12.8 Å². The lowest BCUT2D eigenvalue weighted by Gasteiger charge is -2.40. The maximum atomic E-state index is 14.4. The Balaban J connectivity index is 1.43. The molecule has 0 aliphatic carbocycles. The molecule has 0 unspecified atom stereocenters. The molecule has 3 heterocycles. The Morgan fingerprint density at radius 2 is 2.06 bits per heavy atom. The number of hydrogen-bond acceptors (Lipinski definition) is 6. The lowest BCUT2D eigenvalue weighted by molar-refractivity contribution is 0.0538. The van der Waals surface area contributed by atoms with Crippen LogP contribution in [0.2, 0.25) is 5.02 Å². The minimum Gasteiger partial charge on any atom is -0.424 e. The summed E-state index contributed by atoms with van der Waals surface area (Å²) in [6, 6.07) is 8.38. The highest BCUT2D eigenvalue weighted by molar-refractivity contribution is 6.31. The van der Waals surface area contributed by atoms with Gasteiger partial charge in [-0.2, -0.15) is 20.0 Å². The summed E-state index contributed by atoms with van der Waals surface area (Å²) in [5.74, 6) is -0.347. The molecule has 8 nitrogen and oxygen atoms in total. The maximum Gasteiger partial charge on any atom is 0.295 e. The zero-order valence-electron chi connectivity index (χ0n) is 18.8. The van der Waals surface area contributed by atoms with Crippen molar-refractivity contribution >= 4 is 34.6 Å². The van der Waals surface area contributed by atoms with Crippen LogP contribution in [0.25, 0.3) is 16.8 Å². The number of likely N-dealkylation sites (tertiary alicyclic amines) is 1. The van der Waals surface area contributed by atoms with Crippen molar-refractivity contribution in [3.8, 4) is 5.69 Å². The molecule has 1 amide bonds. The van der Waals surface area contributed by atoms with Crippen LogP contribution in [0.3, 0.4) is 0 Å². The zero-order chi connectivity index (χ0) is 23.8. The molecule has 1 fully saturated rings. The van der Waals surface area contributed by atoms with Crippen molar-refractivity contribution < 1.29 is 13.6 Å². The Kier molecular flexibility index (Phi) is 5.95. The van der Waals surface area contributed by atoms with E-state index < -0.39 is 5.82 Å². The molecule has 2 atom stereocenters. The first-order chi connectivity index (χ1) is 16.4. The highest BCUT2D eigenvalue weighted by atomic mass is 35.5. The van der Waals surface area contributed by atoms with Gasteiger partial charge in [-0.05, 0) is 49.9 Å². The van der Waals surface area contributed by atoms with E-state index >= 15 is 0 Å². The summed E-state index contributed by atoms with van der Waals surface area (Å²) in [5.41, 5.74) is 2.35. The molecule has 0 radical (unpaired) electrons. The summed E-state index contributed by atoms with van der Waals surface area (Å²) in [4.78, 5) is 21.4. The van der Waals surface area contributed by atoms with Crippen molar-refractivity contribution in [3.63, 3.8) is 0 Å². The van der Waals surface area contributed by atoms with Gasteiger partial charge in [-0.3, -0.25) is 4.79 Å². The standard InChI is InChI=1S/C24H24ClFN6O2/c1-14-4-3-11-31(20(14)13-27-24-30-19-8-5-16(25)12-21(19)34-24)23(33)17-6-7-18(26)15(2)22(17)32-28-9-10-29-32/h5-10,12,14,20H,3-4,11,13H2,1-2H3,(H,27,30)/t14-,20-/m1/s1. The predicted octanol–water partition coefficient (Wildman–Crippen LogP) is 4.86. The highest BCUT2D eigenvalue weighted by Crippen LogP contribution is 2.29. The van der Waals surface area contributed by atoms with Gasteiger partial charge in [0.1, 0.15) is 17.0 Å². The first-order valence-electron chi connectivity index (χ1n) is 11.2. The molecule has 5 rings (SSSR count). The number of oxazole rings is 1. The average Bonchev–Trinajstić information content (AvgIpc) is 3.49. The second-order valence-electron chi connectivity index (χ2n) is 8.58. The fourth-order valence-corrected chi connectivity index (χ4v) is 4.73. The van der Waals surface area contributed by atoms with Gasteiger partial charge in [-0.25, -0.2) is 4.39 Å². The summed E-state index contributed by atoms with van der Waals surface area (Å²) >= 11 is 6.04. The minimum atomic E-state index is -0.412. The van der Waals surface area contributed by atoms with Crippen LogP contribution in [-0.4, -0.2) is 49.9 Å². The van der Waals surface area contributed by atoms with Crippen LogP contribution >= 0.6 is 11.6 Å². The third-order valence-corrected chi connectivity index (χ3v) is 6.64. The first kappa shape index (κ1) is 22.3. The fourth-order valence-electron chi connectivity index (χ4n) is 4.57. The molecule has 0 spiro atoms. The predicted molar refractivity (Wildman–Crippen MR) is 127 cm³/mol. The van der Waals surface area contributed by atoms with Gasteiger partial charge in [0.15, 0.2) is 5.58 Å². The monoisotopic (exact) mass is 482 g/mol. The lowest BCUT2D eigenvalue weighted by Crippen LogP contribution is -2.51. The van der Waals surface area contributed by atoms with Crippen LogP contribution in [0.5, 0.6) is 0 Å². The molecule has 4 aromatic rings. The smallest absolute Gasteiger partial charge is 0.295 e. The largest absolute Gasteiger partial charge is 0.424 e. The van der Waals surface area contributed by atoms with E-state index in [1.807, 2.05) is 4.90 Å². The van der Waals surface area contributed by atoms with Gasteiger partial charge in [0, 0.05) is 29.7 Å². The number of anilines is 1. The van der Waals surface area contributed by atoms with Crippen molar-refractivity contribution in [2.45, 2.75) is 32.7 Å².